The SMILES string of the molecule is COc1ccc(CNC(=O)c2c(Cl)ccnc2NCC(C)C)cc1F. The van der Waals surface area contributed by atoms with E-state index in [2.05, 4.69) is 29.5 Å². The zero-order valence-electron chi connectivity index (χ0n) is 14.4. The third-order valence-electron chi connectivity index (χ3n) is 3.47. The Labute approximate surface area is 151 Å². The molecule has 5 nitrogen and oxygen atoms in total. The van der Waals surface area contributed by atoms with Gasteiger partial charge in [0.1, 0.15) is 11.4 Å². The van der Waals surface area contributed by atoms with Crippen molar-refractivity contribution in [1.82, 2.24) is 10.3 Å². The minimum absolute atomic E-state index is 0.158. The molecular weight excluding hydrogens is 345 g/mol. The minimum atomic E-state index is -0.479. The number of nitrogens with one attached hydrogen (secondary N) is 2. The Kier molecular flexibility index (Phi) is 6.58. The van der Waals surface area contributed by atoms with Gasteiger partial charge in [-0.15, -0.1) is 0 Å². The fourth-order valence-corrected chi connectivity index (χ4v) is 2.41. The van der Waals surface area contributed by atoms with Gasteiger partial charge < -0.3 is 15.4 Å². The molecule has 134 valence electrons. The summed E-state index contributed by atoms with van der Waals surface area (Å²) < 4.78 is 18.6. The standard InChI is InChI=1S/C18H21ClFN3O2/c1-11(2)9-22-17-16(13(19)6-7-21-17)18(24)23-10-12-4-5-15(25-3)14(20)8-12/h4-8,11H,9-10H2,1-3H3,(H,21,22)(H,23,24). The predicted octanol–water partition coefficient (Wildman–Crippen LogP) is 3.88. The smallest absolute Gasteiger partial charge is 0.256 e. The number of amides is 1. The van der Waals surface area contributed by atoms with E-state index in [-0.39, 0.29) is 23.8 Å². The predicted molar refractivity (Wildman–Crippen MR) is 96.7 cm³/mol. The van der Waals surface area contributed by atoms with Gasteiger partial charge in [0.15, 0.2) is 11.6 Å². The molecule has 0 radical (unpaired) electrons. The maximum atomic E-state index is 13.7. The number of rotatable bonds is 7. The third-order valence-corrected chi connectivity index (χ3v) is 3.79. The fourth-order valence-electron chi connectivity index (χ4n) is 2.18. The first kappa shape index (κ1) is 19.0. The molecule has 25 heavy (non-hydrogen) atoms. The Balaban J connectivity index is 2.11. The van der Waals surface area contributed by atoms with E-state index in [0.29, 0.717) is 28.9 Å². The van der Waals surface area contributed by atoms with Crippen LogP contribution in [0.25, 0.3) is 0 Å². The molecule has 1 aromatic carbocycles. The van der Waals surface area contributed by atoms with Crippen LogP contribution in [0.2, 0.25) is 5.02 Å². The molecule has 1 aromatic heterocycles. The summed E-state index contributed by atoms with van der Waals surface area (Å²) in [4.78, 5) is 16.7. The van der Waals surface area contributed by atoms with E-state index < -0.39 is 5.82 Å². The molecule has 1 heterocycles. The highest BCUT2D eigenvalue weighted by molar-refractivity contribution is 6.34. The van der Waals surface area contributed by atoms with Gasteiger partial charge in [0.05, 0.1) is 12.1 Å². The Bertz CT molecular complexity index is 753. The van der Waals surface area contributed by atoms with Gasteiger partial charge in [-0.2, -0.15) is 0 Å². The lowest BCUT2D eigenvalue weighted by molar-refractivity contribution is 0.0951. The lowest BCUT2D eigenvalue weighted by Gasteiger charge is -2.14. The summed E-state index contributed by atoms with van der Waals surface area (Å²) in [5, 5.41) is 6.17. The van der Waals surface area contributed by atoms with Gasteiger partial charge in [-0.25, -0.2) is 9.37 Å². The van der Waals surface area contributed by atoms with E-state index in [4.69, 9.17) is 16.3 Å². The second-order valence-corrected chi connectivity index (χ2v) is 6.35. The van der Waals surface area contributed by atoms with Crippen molar-refractivity contribution in [2.75, 3.05) is 19.0 Å². The van der Waals surface area contributed by atoms with E-state index in [1.54, 1.807) is 18.3 Å². The number of hydrogen-bond donors (Lipinski definition) is 2. The zero-order valence-corrected chi connectivity index (χ0v) is 15.2. The number of ether oxygens (including phenoxy) is 1. The summed E-state index contributed by atoms with van der Waals surface area (Å²) in [7, 11) is 1.40. The molecule has 7 heteroatoms. The largest absolute Gasteiger partial charge is 0.494 e. The normalized spacial score (nSPS) is 10.6. The maximum Gasteiger partial charge on any atom is 0.256 e. The molecule has 0 saturated carbocycles. The number of halogens is 2. The Morgan fingerprint density at radius 1 is 1.36 bits per heavy atom. The minimum Gasteiger partial charge on any atom is -0.494 e. The molecule has 1 amide bonds. The number of methoxy groups -OCH3 is 1. The van der Waals surface area contributed by atoms with Crippen LogP contribution in [0.15, 0.2) is 30.5 Å². The second-order valence-electron chi connectivity index (χ2n) is 5.94. The molecular formula is C18H21ClFN3O2. The van der Waals surface area contributed by atoms with Crippen LogP contribution in [0.3, 0.4) is 0 Å². The highest BCUT2D eigenvalue weighted by Crippen LogP contribution is 2.23. The van der Waals surface area contributed by atoms with E-state index >= 15 is 0 Å². The maximum absolute atomic E-state index is 13.7. The number of carbonyl (C=O) groups is 1. The average Bonchev–Trinajstić information content (AvgIpc) is 2.58. The van der Waals surface area contributed by atoms with Crippen molar-refractivity contribution >= 4 is 23.3 Å². The molecule has 0 bridgehead atoms. The molecule has 0 saturated heterocycles. The summed E-state index contributed by atoms with van der Waals surface area (Å²) in [6, 6.07) is 6.08. The van der Waals surface area contributed by atoms with Crippen LogP contribution < -0.4 is 15.4 Å². The zero-order chi connectivity index (χ0) is 18.4. The van der Waals surface area contributed by atoms with Crippen molar-refractivity contribution < 1.29 is 13.9 Å². The summed E-state index contributed by atoms with van der Waals surface area (Å²) in [5.74, 6) is 0.123. The first-order valence-corrected chi connectivity index (χ1v) is 8.29. The molecule has 0 unspecified atom stereocenters. The number of aromatic nitrogens is 1. The monoisotopic (exact) mass is 365 g/mol. The van der Waals surface area contributed by atoms with Crippen molar-refractivity contribution in [2.24, 2.45) is 5.92 Å². The van der Waals surface area contributed by atoms with Crippen molar-refractivity contribution in [3.8, 4) is 5.75 Å². The summed E-state index contributed by atoms with van der Waals surface area (Å²) in [6.07, 6.45) is 1.54. The van der Waals surface area contributed by atoms with Crippen LogP contribution >= 0.6 is 11.6 Å². The van der Waals surface area contributed by atoms with E-state index in [9.17, 15) is 9.18 Å². The van der Waals surface area contributed by atoms with E-state index in [1.807, 2.05) is 0 Å². The number of carbonyl (C=O) groups excluding carboxylic acids is 1. The van der Waals surface area contributed by atoms with Gasteiger partial charge in [-0.1, -0.05) is 31.5 Å². The Morgan fingerprint density at radius 3 is 2.76 bits per heavy atom. The third kappa shape index (κ3) is 5.06. The van der Waals surface area contributed by atoms with Crippen molar-refractivity contribution in [3.63, 3.8) is 0 Å². The first-order chi connectivity index (χ1) is 11.9. The van der Waals surface area contributed by atoms with Gasteiger partial charge in [0.2, 0.25) is 0 Å². The van der Waals surface area contributed by atoms with Gasteiger partial charge in [-0.3, -0.25) is 4.79 Å². The average molecular weight is 366 g/mol. The van der Waals surface area contributed by atoms with Gasteiger partial charge in [0, 0.05) is 19.3 Å². The lowest BCUT2D eigenvalue weighted by Crippen LogP contribution is -2.25. The van der Waals surface area contributed by atoms with Crippen LogP contribution in [0.1, 0.15) is 29.8 Å². The van der Waals surface area contributed by atoms with Gasteiger partial charge in [0.25, 0.3) is 5.91 Å². The van der Waals surface area contributed by atoms with Crippen LogP contribution in [0.4, 0.5) is 10.2 Å². The van der Waals surface area contributed by atoms with Crippen LogP contribution in [0, 0.1) is 11.7 Å². The molecule has 0 aliphatic carbocycles. The van der Waals surface area contributed by atoms with Gasteiger partial charge in [-0.05, 0) is 29.7 Å². The molecule has 2 N–H and O–H groups in total. The van der Waals surface area contributed by atoms with Gasteiger partial charge >= 0.3 is 0 Å². The topological polar surface area (TPSA) is 63.2 Å². The fraction of sp³-hybridized carbons (Fsp3) is 0.333. The van der Waals surface area contributed by atoms with Crippen molar-refractivity contribution in [3.05, 3.63) is 52.4 Å². The highest BCUT2D eigenvalue weighted by Gasteiger charge is 2.17. The van der Waals surface area contributed by atoms with E-state index in [1.165, 1.54) is 19.2 Å². The molecule has 0 aliphatic rings. The number of hydrogen-bond acceptors (Lipinski definition) is 4. The number of benzene rings is 1. The lowest BCUT2D eigenvalue weighted by atomic mass is 10.1. The number of anilines is 1. The molecule has 0 fully saturated rings. The molecule has 2 aromatic rings. The Morgan fingerprint density at radius 2 is 2.12 bits per heavy atom. The summed E-state index contributed by atoms with van der Waals surface area (Å²) >= 11 is 6.17. The molecule has 0 spiro atoms. The van der Waals surface area contributed by atoms with Crippen LogP contribution in [-0.2, 0) is 6.54 Å². The number of pyridine rings is 1. The van der Waals surface area contributed by atoms with Crippen molar-refractivity contribution in [1.29, 1.82) is 0 Å². The molecule has 0 aliphatic heterocycles. The Hall–Kier alpha value is -2.34. The van der Waals surface area contributed by atoms with Crippen LogP contribution in [-0.4, -0.2) is 24.5 Å². The van der Waals surface area contributed by atoms with Crippen molar-refractivity contribution in [2.45, 2.75) is 20.4 Å². The second kappa shape index (κ2) is 8.67. The highest BCUT2D eigenvalue weighted by atomic mass is 35.5. The summed E-state index contributed by atoms with van der Waals surface area (Å²) in [5.41, 5.74) is 0.891. The number of nitrogens with zero attached hydrogens (tertiary/aromatic N) is 1. The first-order valence-electron chi connectivity index (χ1n) is 7.91. The van der Waals surface area contributed by atoms with Crippen LogP contribution in [0.5, 0.6) is 5.75 Å². The van der Waals surface area contributed by atoms with E-state index in [0.717, 1.165) is 0 Å². The summed E-state index contributed by atoms with van der Waals surface area (Å²) in [6.45, 7) is 4.93. The quantitative estimate of drug-likeness (QED) is 0.781. The molecule has 2 rings (SSSR count). The molecule has 0 atom stereocenters.